The fraction of sp³-hybridized carbons (Fsp3) is 0.333. The van der Waals surface area contributed by atoms with Crippen LogP contribution in [0.1, 0.15) is 26.0 Å². The minimum absolute atomic E-state index is 0.102. The summed E-state index contributed by atoms with van der Waals surface area (Å²) in [5, 5.41) is 3.27. The maximum Gasteiger partial charge on any atom is 0.161 e. The number of hydrogen-bond donors (Lipinski definition) is 1. The summed E-state index contributed by atoms with van der Waals surface area (Å²) in [5.41, 5.74) is 1.58. The van der Waals surface area contributed by atoms with Crippen molar-refractivity contribution in [2.45, 2.75) is 26.7 Å². The minimum atomic E-state index is -0.460. The van der Waals surface area contributed by atoms with E-state index < -0.39 is 5.82 Å². The van der Waals surface area contributed by atoms with Gasteiger partial charge in [-0.05, 0) is 31.5 Å². The van der Waals surface area contributed by atoms with Crippen molar-refractivity contribution in [1.82, 2.24) is 9.97 Å². The van der Waals surface area contributed by atoms with Crippen LogP contribution < -0.4 is 5.32 Å². The first-order valence-corrected chi connectivity index (χ1v) is 7.09. The predicted octanol–water partition coefficient (Wildman–Crippen LogP) is 4.32. The Labute approximate surface area is 123 Å². The van der Waals surface area contributed by atoms with Gasteiger partial charge in [0.2, 0.25) is 0 Å². The average molecular weight is 294 g/mol. The number of aryl methyl sites for hydroxylation is 1. The minimum Gasteiger partial charge on any atom is -0.370 e. The zero-order valence-electron chi connectivity index (χ0n) is 11.6. The molecule has 0 bridgehead atoms. The molecule has 0 aliphatic carbocycles. The smallest absolute Gasteiger partial charge is 0.161 e. The summed E-state index contributed by atoms with van der Waals surface area (Å²) in [6, 6.07) is 6.55. The van der Waals surface area contributed by atoms with E-state index >= 15 is 0 Å². The zero-order valence-corrected chi connectivity index (χ0v) is 12.3. The van der Waals surface area contributed by atoms with Crippen molar-refractivity contribution in [3.05, 3.63) is 40.8 Å². The van der Waals surface area contributed by atoms with E-state index in [2.05, 4.69) is 22.2 Å². The van der Waals surface area contributed by atoms with Crippen LogP contribution in [-0.4, -0.2) is 16.5 Å². The van der Waals surface area contributed by atoms with Gasteiger partial charge in [-0.1, -0.05) is 24.9 Å². The molecule has 1 aromatic carbocycles. The second kappa shape index (κ2) is 6.66. The number of hydrogen-bond acceptors (Lipinski definition) is 3. The van der Waals surface area contributed by atoms with E-state index in [0.717, 1.165) is 30.9 Å². The van der Waals surface area contributed by atoms with E-state index in [9.17, 15) is 4.39 Å². The summed E-state index contributed by atoms with van der Waals surface area (Å²) in [6.07, 6.45) is 1.86. The molecule has 0 saturated heterocycles. The molecule has 0 aliphatic heterocycles. The molecule has 1 N–H and O–H groups in total. The standard InChI is InChI=1S/C15H17ClFN3/c1-3-5-11-9-14(18-4-2)20-15(19-11)10-6-7-12(16)13(17)8-10/h6-9H,3-5H2,1-2H3,(H,18,19,20). The summed E-state index contributed by atoms with van der Waals surface area (Å²) in [4.78, 5) is 8.90. The maximum absolute atomic E-state index is 13.6. The molecule has 0 aliphatic rings. The molecule has 3 nitrogen and oxygen atoms in total. The fourth-order valence-corrected chi connectivity index (χ4v) is 2.04. The lowest BCUT2D eigenvalue weighted by Crippen LogP contribution is -2.04. The molecule has 20 heavy (non-hydrogen) atoms. The van der Waals surface area contributed by atoms with Gasteiger partial charge in [-0.3, -0.25) is 0 Å². The Kier molecular flexibility index (Phi) is 4.90. The van der Waals surface area contributed by atoms with E-state index in [1.54, 1.807) is 6.07 Å². The maximum atomic E-state index is 13.6. The van der Waals surface area contributed by atoms with Gasteiger partial charge in [0.05, 0.1) is 5.02 Å². The molecule has 0 fully saturated rings. The molecule has 0 radical (unpaired) electrons. The van der Waals surface area contributed by atoms with Crippen LogP contribution in [0, 0.1) is 5.82 Å². The van der Waals surface area contributed by atoms with Gasteiger partial charge in [-0.15, -0.1) is 0 Å². The first-order chi connectivity index (χ1) is 9.63. The van der Waals surface area contributed by atoms with Crippen molar-refractivity contribution in [3.8, 4) is 11.4 Å². The predicted molar refractivity (Wildman–Crippen MR) is 80.6 cm³/mol. The van der Waals surface area contributed by atoms with Gasteiger partial charge in [0.25, 0.3) is 0 Å². The number of rotatable bonds is 5. The van der Waals surface area contributed by atoms with Crippen molar-refractivity contribution in [1.29, 1.82) is 0 Å². The van der Waals surface area contributed by atoms with E-state index in [0.29, 0.717) is 11.4 Å². The first kappa shape index (κ1) is 14.7. The Bertz CT molecular complexity index is 577. The molecule has 0 spiro atoms. The average Bonchev–Trinajstić information content (AvgIpc) is 2.42. The van der Waals surface area contributed by atoms with Crippen LogP contribution in [0.4, 0.5) is 10.2 Å². The molecule has 2 aromatic rings. The molecule has 0 atom stereocenters. The molecule has 0 amide bonds. The van der Waals surface area contributed by atoms with Crippen molar-refractivity contribution in [3.63, 3.8) is 0 Å². The van der Waals surface area contributed by atoms with Gasteiger partial charge < -0.3 is 5.32 Å². The van der Waals surface area contributed by atoms with Gasteiger partial charge in [0, 0.05) is 23.9 Å². The van der Waals surface area contributed by atoms with Gasteiger partial charge in [0.15, 0.2) is 5.82 Å². The third kappa shape index (κ3) is 3.45. The van der Waals surface area contributed by atoms with E-state index in [1.807, 2.05) is 13.0 Å². The highest BCUT2D eigenvalue weighted by atomic mass is 35.5. The highest BCUT2D eigenvalue weighted by Gasteiger charge is 2.09. The molecule has 0 saturated carbocycles. The largest absolute Gasteiger partial charge is 0.370 e. The van der Waals surface area contributed by atoms with Crippen LogP contribution >= 0.6 is 11.6 Å². The Hall–Kier alpha value is -1.68. The van der Waals surface area contributed by atoms with Gasteiger partial charge in [-0.2, -0.15) is 0 Å². The Balaban J connectivity index is 2.45. The van der Waals surface area contributed by atoms with Crippen molar-refractivity contribution >= 4 is 17.4 Å². The van der Waals surface area contributed by atoms with Crippen molar-refractivity contribution in [2.75, 3.05) is 11.9 Å². The lowest BCUT2D eigenvalue weighted by atomic mass is 10.2. The van der Waals surface area contributed by atoms with E-state index in [-0.39, 0.29) is 5.02 Å². The molecular weight excluding hydrogens is 277 g/mol. The van der Waals surface area contributed by atoms with Crippen LogP contribution in [0.2, 0.25) is 5.02 Å². The Morgan fingerprint density at radius 1 is 1.20 bits per heavy atom. The second-order valence-electron chi connectivity index (χ2n) is 4.48. The lowest BCUT2D eigenvalue weighted by molar-refractivity contribution is 0.628. The number of halogens is 2. The highest BCUT2D eigenvalue weighted by molar-refractivity contribution is 6.30. The topological polar surface area (TPSA) is 37.8 Å². The first-order valence-electron chi connectivity index (χ1n) is 6.71. The molecule has 1 aromatic heterocycles. The third-order valence-corrected chi connectivity index (χ3v) is 3.13. The van der Waals surface area contributed by atoms with Crippen molar-refractivity contribution in [2.24, 2.45) is 0 Å². The normalized spacial score (nSPS) is 10.6. The number of aromatic nitrogens is 2. The summed E-state index contributed by atoms with van der Waals surface area (Å²) in [7, 11) is 0. The Morgan fingerprint density at radius 3 is 2.65 bits per heavy atom. The quantitative estimate of drug-likeness (QED) is 0.892. The third-order valence-electron chi connectivity index (χ3n) is 2.82. The summed E-state index contributed by atoms with van der Waals surface area (Å²) >= 11 is 5.70. The van der Waals surface area contributed by atoms with E-state index in [4.69, 9.17) is 11.6 Å². The molecule has 2 rings (SSSR count). The van der Waals surface area contributed by atoms with Gasteiger partial charge in [0.1, 0.15) is 11.6 Å². The summed E-state index contributed by atoms with van der Waals surface area (Å²) < 4.78 is 13.6. The number of anilines is 1. The molecule has 106 valence electrons. The fourth-order valence-electron chi connectivity index (χ4n) is 1.92. The number of nitrogens with zero attached hydrogens (tertiary/aromatic N) is 2. The van der Waals surface area contributed by atoms with E-state index in [1.165, 1.54) is 12.1 Å². The van der Waals surface area contributed by atoms with Crippen LogP contribution in [0.5, 0.6) is 0 Å². The van der Waals surface area contributed by atoms with Crippen LogP contribution in [0.15, 0.2) is 24.3 Å². The summed E-state index contributed by atoms with van der Waals surface area (Å²) in [5.74, 6) is 0.817. The number of benzene rings is 1. The summed E-state index contributed by atoms with van der Waals surface area (Å²) in [6.45, 7) is 4.87. The zero-order chi connectivity index (χ0) is 14.5. The monoisotopic (exact) mass is 293 g/mol. The molecular formula is C15H17ClFN3. The van der Waals surface area contributed by atoms with Crippen molar-refractivity contribution < 1.29 is 4.39 Å². The van der Waals surface area contributed by atoms with Crippen LogP contribution in [-0.2, 0) is 6.42 Å². The van der Waals surface area contributed by atoms with Gasteiger partial charge >= 0.3 is 0 Å². The highest BCUT2D eigenvalue weighted by Crippen LogP contribution is 2.23. The molecule has 1 heterocycles. The SMILES string of the molecule is CCCc1cc(NCC)nc(-c2ccc(Cl)c(F)c2)n1. The molecule has 0 unspecified atom stereocenters. The Morgan fingerprint density at radius 2 is 2.00 bits per heavy atom. The lowest BCUT2D eigenvalue weighted by Gasteiger charge is -2.09. The van der Waals surface area contributed by atoms with Crippen LogP contribution in [0.25, 0.3) is 11.4 Å². The number of nitrogens with one attached hydrogen (secondary N) is 1. The molecule has 5 heteroatoms. The van der Waals surface area contributed by atoms with Crippen LogP contribution in [0.3, 0.4) is 0 Å². The van der Waals surface area contributed by atoms with Gasteiger partial charge in [-0.25, -0.2) is 14.4 Å². The second-order valence-corrected chi connectivity index (χ2v) is 4.88.